The summed E-state index contributed by atoms with van der Waals surface area (Å²) in [6.07, 6.45) is -1.27. The van der Waals surface area contributed by atoms with E-state index in [9.17, 15) is 22.8 Å². The fraction of sp³-hybridized carbons (Fsp3) is 0.889. The lowest BCUT2D eigenvalue weighted by Gasteiger charge is -2.46. The van der Waals surface area contributed by atoms with Crippen molar-refractivity contribution in [2.45, 2.75) is 72.4 Å². The fourth-order valence-electron chi connectivity index (χ4n) is 4.28. The first-order valence-electron chi connectivity index (χ1n) is 8.72. The molecule has 0 amide bonds. The van der Waals surface area contributed by atoms with Crippen molar-refractivity contribution in [2.75, 3.05) is 13.2 Å². The number of carbonyl (C=O) groups is 2. The molecular weight excluding hydrogens is 337 g/mol. The minimum Gasteiger partial charge on any atom is -0.466 e. The highest BCUT2D eigenvalue weighted by atomic mass is 19.4. The van der Waals surface area contributed by atoms with Crippen molar-refractivity contribution in [3.8, 4) is 0 Å². The molecule has 0 bridgehead atoms. The molecule has 25 heavy (non-hydrogen) atoms. The van der Waals surface area contributed by atoms with E-state index in [-0.39, 0.29) is 29.1 Å². The van der Waals surface area contributed by atoms with E-state index in [1.807, 2.05) is 6.92 Å². The van der Waals surface area contributed by atoms with Crippen molar-refractivity contribution in [2.24, 2.45) is 16.7 Å². The first-order valence-corrected chi connectivity index (χ1v) is 8.72. The van der Waals surface area contributed by atoms with E-state index in [2.05, 4.69) is 18.6 Å². The van der Waals surface area contributed by atoms with Gasteiger partial charge >= 0.3 is 18.1 Å². The highest BCUT2D eigenvalue weighted by Crippen LogP contribution is 2.51. The summed E-state index contributed by atoms with van der Waals surface area (Å²) in [6, 6.07) is 0. The molecule has 7 heteroatoms. The van der Waals surface area contributed by atoms with E-state index in [0.717, 1.165) is 19.3 Å². The molecule has 1 rings (SSSR count). The number of rotatable bonds is 7. The monoisotopic (exact) mass is 366 g/mol. The number of hydrogen-bond acceptors (Lipinski definition) is 4. The Labute approximate surface area is 147 Å². The van der Waals surface area contributed by atoms with Crippen molar-refractivity contribution >= 4 is 11.9 Å². The van der Waals surface area contributed by atoms with Gasteiger partial charge in [-0.3, -0.25) is 9.59 Å². The molecule has 1 fully saturated rings. The van der Waals surface area contributed by atoms with Crippen molar-refractivity contribution in [3.63, 3.8) is 0 Å². The predicted octanol–water partition coefficient (Wildman–Crippen LogP) is 4.66. The maximum Gasteiger partial charge on any atom is 0.422 e. The molecule has 1 aliphatic rings. The van der Waals surface area contributed by atoms with Crippen molar-refractivity contribution in [1.82, 2.24) is 0 Å². The number of halogens is 3. The van der Waals surface area contributed by atoms with Gasteiger partial charge in [0.1, 0.15) is 0 Å². The topological polar surface area (TPSA) is 52.6 Å². The molecule has 146 valence electrons. The molecule has 2 unspecified atom stereocenters. The van der Waals surface area contributed by atoms with E-state index < -0.39 is 18.8 Å². The largest absolute Gasteiger partial charge is 0.466 e. The molecule has 0 spiro atoms. The second kappa shape index (κ2) is 8.41. The highest BCUT2D eigenvalue weighted by Gasteiger charge is 2.42. The number of hydrogen-bond donors (Lipinski definition) is 0. The third-order valence-corrected chi connectivity index (χ3v) is 4.62. The summed E-state index contributed by atoms with van der Waals surface area (Å²) in [7, 11) is 0. The van der Waals surface area contributed by atoms with Crippen molar-refractivity contribution < 1.29 is 32.2 Å². The number of alkyl halides is 3. The molecule has 0 aromatic carbocycles. The van der Waals surface area contributed by atoms with Gasteiger partial charge in [0.15, 0.2) is 6.61 Å². The normalized spacial score (nSPS) is 26.1. The van der Waals surface area contributed by atoms with Crippen LogP contribution in [0.15, 0.2) is 0 Å². The zero-order valence-corrected chi connectivity index (χ0v) is 15.5. The van der Waals surface area contributed by atoms with Crippen molar-refractivity contribution in [1.29, 1.82) is 0 Å². The van der Waals surface area contributed by atoms with Gasteiger partial charge in [0.25, 0.3) is 0 Å². The van der Waals surface area contributed by atoms with Gasteiger partial charge in [-0.25, -0.2) is 0 Å². The van der Waals surface area contributed by atoms with Crippen LogP contribution in [0, 0.1) is 16.7 Å². The van der Waals surface area contributed by atoms with E-state index in [0.29, 0.717) is 19.4 Å². The summed E-state index contributed by atoms with van der Waals surface area (Å²) >= 11 is 0. The average Bonchev–Trinajstić information content (AvgIpc) is 2.40. The first kappa shape index (κ1) is 21.8. The minimum atomic E-state index is -4.50. The molecule has 0 radical (unpaired) electrons. The van der Waals surface area contributed by atoms with Crippen molar-refractivity contribution in [3.05, 3.63) is 0 Å². The summed E-state index contributed by atoms with van der Waals surface area (Å²) in [4.78, 5) is 23.4. The van der Waals surface area contributed by atoms with Crippen LogP contribution >= 0.6 is 0 Å². The lowest BCUT2D eigenvalue weighted by Crippen LogP contribution is -2.37. The maximum absolute atomic E-state index is 12.1. The molecule has 0 N–H and O–H groups in total. The summed E-state index contributed by atoms with van der Waals surface area (Å²) < 4.78 is 45.6. The van der Waals surface area contributed by atoms with Gasteiger partial charge in [0.05, 0.1) is 6.61 Å². The van der Waals surface area contributed by atoms with Crippen LogP contribution in [0.25, 0.3) is 0 Å². The third kappa shape index (κ3) is 8.59. The van der Waals surface area contributed by atoms with E-state index in [1.54, 1.807) is 6.92 Å². The van der Waals surface area contributed by atoms with Gasteiger partial charge in [0, 0.05) is 12.8 Å². The molecule has 1 saturated carbocycles. The quantitative estimate of drug-likeness (QED) is 0.615. The van der Waals surface area contributed by atoms with Gasteiger partial charge in [0.2, 0.25) is 0 Å². The average molecular weight is 366 g/mol. The predicted molar refractivity (Wildman–Crippen MR) is 86.7 cm³/mol. The summed E-state index contributed by atoms with van der Waals surface area (Å²) in [6.45, 7) is 6.83. The molecule has 2 atom stereocenters. The van der Waals surface area contributed by atoms with Crippen LogP contribution in [-0.2, 0) is 19.1 Å². The van der Waals surface area contributed by atoms with Gasteiger partial charge in [-0.2, -0.15) is 13.2 Å². The Morgan fingerprint density at radius 3 is 2.28 bits per heavy atom. The zero-order valence-electron chi connectivity index (χ0n) is 15.5. The Balaban J connectivity index is 2.60. The number of carbonyl (C=O) groups excluding carboxylic acids is 2. The van der Waals surface area contributed by atoms with Gasteiger partial charge in [-0.15, -0.1) is 0 Å². The molecule has 0 saturated heterocycles. The molecule has 4 nitrogen and oxygen atoms in total. The molecule has 0 aromatic rings. The van der Waals surface area contributed by atoms with Crippen LogP contribution in [0.2, 0.25) is 0 Å². The molecule has 0 heterocycles. The standard InChI is InChI=1S/C18H29F3O4/c1-5-24-15(23)8-13-9-16(2,3)11-17(4,10-13)7-6-14(22)25-12-18(19,20)21/h13H,5-12H2,1-4H3. The number of ether oxygens (including phenoxy) is 2. The van der Waals surface area contributed by atoms with Crippen LogP contribution in [-0.4, -0.2) is 31.3 Å². The van der Waals surface area contributed by atoms with Crippen LogP contribution in [0.3, 0.4) is 0 Å². The Hall–Kier alpha value is -1.27. The zero-order chi connectivity index (χ0) is 19.3. The fourth-order valence-corrected chi connectivity index (χ4v) is 4.28. The van der Waals surface area contributed by atoms with Gasteiger partial charge in [-0.1, -0.05) is 20.8 Å². The SMILES string of the molecule is CCOC(=O)CC1CC(C)(C)CC(C)(CCC(=O)OCC(F)(F)F)C1. The molecular formula is C18H29F3O4. The Morgan fingerprint density at radius 2 is 1.72 bits per heavy atom. The molecule has 0 aliphatic heterocycles. The second-order valence-electron chi connectivity index (χ2n) is 8.21. The van der Waals surface area contributed by atoms with E-state index >= 15 is 0 Å². The Kier molecular flexibility index (Phi) is 7.32. The molecule has 0 aromatic heterocycles. The maximum atomic E-state index is 12.1. The Bertz CT molecular complexity index is 473. The first-order chi connectivity index (χ1) is 11.3. The van der Waals surface area contributed by atoms with E-state index in [4.69, 9.17) is 4.74 Å². The summed E-state index contributed by atoms with van der Waals surface area (Å²) in [5, 5.41) is 0. The molecule has 1 aliphatic carbocycles. The van der Waals surface area contributed by atoms with Crippen LogP contribution in [0.4, 0.5) is 13.2 Å². The second-order valence-corrected chi connectivity index (χ2v) is 8.21. The van der Waals surface area contributed by atoms with Crippen LogP contribution < -0.4 is 0 Å². The lowest BCUT2D eigenvalue weighted by atomic mass is 9.59. The summed E-state index contributed by atoms with van der Waals surface area (Å²) in [5.41, 5.74) is -0.212. The van der Waals surface area contributed by atoms with Crippen LogP contribution in [0.1, 0.15) is 66.2 Å². The van der Waals surface area contributed by atoms with Gasteiger partial charge in [-0.05, 0) is 49.4 Å². The van der Waals surface area contributed by atoms with E-state index in [1.165, 1.54) is 0 Å². The summed E-state index contributed by atoms with van der Waals surface area (Å²) in [5.74, 6) is -0.903. The van der Waals surface area contributed by atoms with Crippen LogP contribution in [0.5, 0.6) is 0 Å². The van der Waals surface area contributed by atoms with Gasteiger partial charge < -0.3 is 9.47 Å². The lowest BCUT2D eigenvalue weighted by molar-refractivity contribution is -0.186. The highest BCUT2D eigenvalue weighted by molar-refractivity contribution is 5.70. The Morgan fingerprint density at radius 1 is 1.08 bits per heavy atom. The minimum absolute atomic E-state index is 0.0000354. The number of esters is 2. The smallest absolute Gasteiger partial charge is 0.422 e. The third-order valence-electron chi connectivity index (χ3n) is 4.62.